The number of nitrogens with zero attached hydrogens (tertiary/aromatic N) is 1. The molecule has 1 aromatic carbocycles. The zero-order valence-electron chi connectivity index (χ0n) is 10.0. The first-order valence-electron chi connectivity index (χ1n) is 6.19. The number of hydrogen-bond donors (Lipinski definition) is 1. The number of fused-ring (bicyclic) bond motifs is 1. The summed E-state index contributed by atoms with van der Waals surface area (Å²) < 4.78 is 11.2. The van der Waals surface area contributed by atoms with E-state index in [1.54, 1.807) is 0 Å². The molecule has 4 nitrogen and oxygen atoms in total. The molecule has 98 valence electrons. The molecule has 0 aromatic heterocycles. The van der Waals surface area contributed by atoms with Crippen LogP contribution in [-0.2, 0) is 4.74 Å². The van der Waals surface area contributed by atoms with Crippen molar-refractivity contribution in [2.45, 2.75) is 18.6 Å². The highest BCUT2D eigenvalue weighted by Crippen LogP contribution is 2.36. The average molecular weight is 270 g/mol. The molecule has 0 amide bonds. The van der Waals surface area contributed by atoms with Gasteiger partial charge in [0.1, 0.15) is 12.4 Å². The topological polar surface area (TPSA) is 41.9 Å². The van der Waals surface area contributed by atoms with Crippen LogP contribution in [0.2, 0.25) is 5.02 Å². The summed E-state index contributed by atoms with van der Waals surface area (Å²) >= 11 is 5.97. The Morgan fingerprint density at radius 3 is 3.11 bits per heavy atom. The molecule has 18 heavy (non-hydrogen) atoms. The Morgan fingerprint density at radius 2 is 2.33 bits per heavy atom. The third-order valence-corrected chi connectivity index (χ3v) is 3.76. The predicted octanol–water partition coefficient (Wildman–Crippen LogP) is 1.69. The zero-order valence-corrected chi connectivity index (χ0v) is 10.8. The number of rotatable bonds is 2. The number of ether oxygens (including phenoxy) is 2. The third-order valence-electron chi connectivity index (χ3n) is 3.52. The SMILES string of the molecule is OC[C@H]1C[C@H](N2CCOc3cc(Cl)ccc32)CO1. The normalized spacial score (nSPS) is 26.9. The number of aliphatic hydroxyl groups is 1. The van der Waals surface area contributed by atoms with Crippen LogP contribution in [0, 0.1) is 0 Å². The van der Waals surface area contributed by atoms with E-state index >= 15 is 0 Å². The Bertz CT molecular complexity index is 440. The van der Waals surface area contributed by atoms with E-state index in [1.165, 1.54) is 0 Å². The molecule has 2 atom stereocenters. The molecule has 0 aliphatic carbocycles. The predicted molar refractivity (Wildman–Crippen MR) is 69.5 cm³/mol. The number of benzene rings is 1. The van der Waals surface area contributed by atoms with Crippen molar-refractivity contribution in [3.63, 3.8) is 0 Å². The molecule has 1 aromatic rings. The van der Waals surface area contributed by atoms with Crippen LogP contribution in [-0.4, -0.2) is 43.6 Å². The molecule has 0 radical (unpaired) electrons. The Morgan fingerprint density at radius 1 is 1.44 bits per heavy atom. The summed E-state index contributed by atoms with van der Waals surface area (Å²) in [5.74, 6) is 0.834. The third kappa shape index (κ3) is 2.16. The Kier molecular flexibility index (Phi) is 3.33. The lowest BCUT2D eigenvalue weighted by molar-refractivity contribution is 0.0583. The summed E-state index contributed by atoms with van der Waals surface area (Å²) in [6, 6.07) is 6.03. The highest BCUT2D eigenvalue weighted by atomic mass is 35.5. The quantitative estimate of drug-likeness (QED) is 0.887. The Hall–Kier alpha value is -0.970. The molecule has 1 saturated heterocycles. The molecule has 0 spiro atoms. The molecule has 1 N–H and O–H groups in total. The fourth-order valence-corrected chi connectivity index (χ4v) is 2.79. The van der Waals surface area contributed by atoms with Gasteiger partial charge in [-0.3, -0.25) is 0 Å². The van der Waals surface area contributed by atoms with Crippen molar-refractivity contribution in [1.82, 2.24) is 0 Å². The van der Waals surface area contributed by atoms with Gasteiger partial charge >= 0.3 is 0 Å². The summed E-state index contributed by atoms with van der Waals surface area (Å²) in [6.07, 6.45) is 0.826. The summed E-state index contributed by atoms with van der Waals surface area (Å²) in [5, 5.41) is 9.81. The molecule has 3 rings (SSSR count). The van der Waals surface area contributed by atoms with Gasteiger partial charge in [-0.2, -0.15) is 0 Å². The second-order valence-electron chi connectivity index (χ2n) is 4.68. The van der Waals surface area contributed by atoms with Crippen molar-refractivity contribution in [1.29, 1.82) is 0 Å². The minimum Gasteiger partial charge on any atom is -0.490 e. The summed E-state index contributed by atoms with van der Waals surface area (Å²) in [5.41, 5.74) is 1.07. The highest BCUT2D eigenvalue weighted by molar-refractivity contribution is 6.30. The first kappa shape index (κ1) is 12.1. The zero-order chi connectivity index (χ0) is 12.5. The van der Waals surface area contributed by atoms with Gasteiger partial charge in [-0.15, -0.1) is 0 Å². The maximum absolute atomic E-state index is 9.13. The van der Waals surface area contributed by atoms with E-state index in [0.717, 1.165) is 24.4 Å². The van der Waals surface area contributed by atoms with Crippen molar-refractivity contribution in [3.05, 3.63) is 23.2 Å². The van der Waals surface area contributed by atoms with Gasteiger partial charge in [0, 0.05) is 11.1 Å². The summed E-state index contributed by atoms with van der Waals surface area (Å²) in [7, 11) is 0. The van der Waals surface area contributed by atoms with Gasteiger partial charge < -0.3 is 19.5 Å². The van der Waals surface area contributed by atoms with Crippen molar-refractivity contribution in [2.75, 3.05) is 31.3 Å². The standard InChI is InChI=1S/C13H16ClNO3/c14-9-1-2-12-13(5-9)17-4-3-15(12)10-6-11(7-16)18-8-10/h1-2,5,10-11,16H,3-4,6-8H2/t10-,11+/m0/s1. The van der Waals surface area contributed by atoms with E-state index in [4.69, 9.17) is 26.2 Å². The number of aliphatic hydroxyl groups excluding tert-OH is 1. The second kappa shape index (κ2) is 4.96. The molecular formula is C13H16ClNO3. The van der Waals surface area contributed by atoms with Crippen LogP contribution in [0.4, 0.5) is 5.69 Å². The minimum absolute atomic E-state index is 0.0337. The molecule has 0 unspecified atom stereocenters. The summed E-state index contributed by atoms with van der Waals surface area (Å²) in [6.45, 7) is 2.26. The largest absolute Gasteiger partial charge is 0.490 e. The van der Waals surface area contributed by atoms with Gasteiger partial charge in [-0.1, -0.05) is 11.6 Å². The van der Waals surface area contributed by atoms with Crippen molar-refractivity contribution < 1.29 is 14.6 Å². The van der Waals surface area contributed by atoms with Crippen LogP contribution in [0.15, 0.2) is 18.2 Å². The fourth-order valence-electron chi connectivity index (χ4n) is 2.63. The van der Waals surface area contributed by atoms with E-state index in [-0.39, 0.29) is 12.7 Å². The Labute approximate surface area is 111 Å². The van der Waals surface area contributed by atoms with Crippen LogP contribution in [0.3, 0.4) is 0 Å². The van der Waals surface area contributed by atoms with Gasteiger partial charge in [0.15, 0.2) is 0 Å². The first-order chi connectivity index (χ1) is 8.78. The van der Waals surface area contributed by atoms with Crippen molar-refractivity contribution in [3.8, 4) is 5.75 Å². The lowest BCUT2D eigenvalue weighted by Gasteiger charge is -2.35. The highest BCUT2D eigenvalue weighted by Gasteiger charge is 2.32. The average Bonchev–Trinajstić information content (AvgIpc) is 2.86. The molecular weight excluding hydrogens is 254 g/mol. The van der Waals surface area contributed by atoms with E-state index in [0.29, 0.717) is 24.3 Å². The maximum Gasteiger partial charge on any atom is 0.144 e. The fraction of sp³-hybridized carbons (Fsp3) is 0.538. The van der Waals surface area contributed by atoms with E-state index in [2.05, 4.69) is 4.90 Å². The van der Waals surface area contributed by atoms with Crippen LogP contribution in [0.25, 0.3) is 0 Å². The van der Waals surface area contributed by atoms with Gasteiger partial charge in [0.05, 0.1) is 37.6 Å². The second-order valence-corrected chi connectivity index (χ2v) is 5.12. The van der Waals surface area contributed by atoms with E-state index in [1.807, 2.05) is 18.2 Å². The van der Waals surface area contributed by atoms with Crippen molar-refractivity contribution in [2.24, 2.45) is 0 Å². The van der Waals surface area contributed by atoms with E-state index in [9.17, 15) is 0 Å². The van der Waals surface area contributed by atoms with Crippen LogP contribution in [0.5, 0.6) is 5.75 Å². The van der Waals surface area contributed by atoms with E-state index < -0.39 is 0 Å². The molecule has 5 heteroatoms. The lowest BCUT2D eigenvalue weighted by Crippen LogP contribution is -2.41. The van der Waals surface area contributed by atoms with Crippen LogP contribution >= 0.6 is 11.6 Å². The summed E-state index contributed by atoms with van der Waals surface area (Å²) in [4.78, 5) is 2.30. The van der Waals surface area contributed by atoms with Crippen molar-refractivity contribution >= 4 is 17.3 Å². The monoisotopic (exact) mass is 269 g/mol. The molecule has 1 fully saturated rings. The maximum atomic E-state index is 9.13. The molecule has 2 heterocycles. The number of anilines is 1. The molecule has 0 saturated carbocycles. The number of hydrogen-bond acceptors (Lipinski definition) is 4. The van der Waals surface area contributed by atoms with Gasteiger partial charge in [-0.05, 0) is 18.6 Å². The lowest BCUT2D eigenvalue weighted by atomic mass is 10.1. The van der Waals surface area contributed by atoms with Gasteiger partial charge in [0.25, 0.3) is 0 Å². The molecule has 2 aliphatic heterocycles. The molecule has 2 aliphatic rings. The van der Waals surface area contributed by atoms with Gasteiger partial charge in [-0.25, -0.2) is 0 Å². The Balaban J connectivity index is 1.83. The van der Waals surface area contributed by atoms with Gasteiger partial charge in [0.2, 0.25) is 0 Å². The molecule has 0 bridgehead atoms. The van der Waals surface area contributed by atoms with Crippen LogP contribution < -0.4 is 9.64 Å². The number of halogens is 1. The smallest absolute Gasteiger partial charge is 0.144 e. The van der Waals surface area contributed by atoms with Crippen LogP contribution in [0.1, 0.15) is 6.42 Å². The minimum atomic E-state index is -0.0337. The first-order valence-corrected chi connectivity index (χ1v) is 6.57.